The number of nitrogens with zero attached hydrogens (tertiary/aromatic N) is 3. The van der Waals surface area contributed by atoms with Crippen molar-refractivity contribution in [2.24, 2.45) is 0 Å². The summed E-state index contributed by atoms with van der Waals surface area (Å²) in [5, 5.41) is 22.7. The fourth-order valence-corrected chi connectivity index (χ4v) is 11.7. The van der Waals surface area contributed by atoms with Gasteiger partial charge in [-0.3, -0.25) is 9.59 Å². The molecule has 18 nitrogen and oxygen atoms in total. The third-order valence-electron chi connectivity index (χ3n) is 14.4. The van der Waals surface area contributed by atoms with Crippen LogP contribution in [0.3, 0.4) is 0 Å². The summed E-state index contributed by atoms with van der Waals surface area (Å²) in [6.07, 6.45) is 3.91. The average Bonchev–Trinajstić information content (AvgIpc) is 3.70. The Morgan fingerprint density at radius 2 is 1.68 bits per heavy atom. The van der Waals surface area contributed by atoms with Crippen molar-refractivity contribution in [2.45, 2.75) is 81.8 Å². The van der Waals surface area contributed by atoms with Crippen LogP contribution in [0.25, 0.3) is 21.8 Å². The van der Waals surface area contributed by atoms with E-state index in [9.17, 15) is 42.4 Å². The topological polar surface area (TPSA) is 250 Å². The molecule has 0 bridgehead atoms. The number of rotatable bonds is 15. The van der Waals surface area contributed by atoms with Gasteiger partial charge in [0.2, 0.25) is 11.6 Å². The lowest BCUT2D eigenvalue weighted by atomic mass is 9.74. The lowest BCUT2D eigenvalue weighted by Gasteiger charge is -2.42. The van der Waals surface area contributed by atoms with Gasteiger partial charge in [-0.05, 0) is 74.2 Å². The molecule has 5 aliphatic rings. The van der Waals surface area contributed by atoms with Crippen LogP contribution >= 0.6 is 0 Å². The van der Waals surface area contributed by atoms with E-state index in [2.05, 4.69) is 70.7 Å². The van der Waals surface area contributed by atoms with E-state index in [0.717, 1.165) is 76.9 Å². The highest BCUT2D eigenvalue weighted by atomic mass is 32.2. The summed E-state index contributed by atoms with van der Waals surface area (Å²) in [6.45, 7) is 12.9. The van der Waals surface area contributed by atoms with Crippen molar-refractivity contribution in [3.63, 3.8) is 0 Å². The van der Waals surface area contributed by atoms with E-state index in [4.69, 9.17) is 18.9 Å². The minimum Gasteiger partial charge on any atom is -0.744 e. The Hall–Kier alpha value is -6.77. The molecule has 0 spiro atoms. The van der Waals surface area contributed by atoms with Crippen molar-refractivity contribution in [2.75, 3.05) is 57.6 Å². The first-order valence-electron chi connectivity index (χ1n) is 23.6. The maximum Gasteiger partial charge on any atom is 0.354 e. The van der Waals surface area contributed by atoms with Gasteiger partial charge in [0.25, 0.3) is 0 Å². The molecule has 10 rings (SSSR count). The molecule has 2 aromatic heterocycles. The summed E-state index contributed by atoms with van der Waals surface area (Å²) in [7, 11) is -4.62. The van der Waals surface area contributed by atoms with Gasteiger partial charge in [-0.2, -0.15) is 4.58 Å². The van der Waals surface area contributed by atoms with Gasteiger partial charge in [0.15, 0.2) is 23.4 Å². The second-order valence-corrected chi connectivity index (χ2v) is 20.9. The van der Waals surface area contributed by atoms with Crippen molar-refractivity contribution in [3.8, 4) is 5.75 Å². The minimum atomic E-state index is -4.62. The van der Waals surface area contributed by atoms with Gasteiger partial charge in [0.05, 0.1) is 66.4 Å². The summed E-state index contributed by atoms with van der Waals surface area (Å²) < 4.78 is 62.5. The normalized spacial score (nSPS) is 19.4. The second kappa shape index (κ2) is 17.8. The number of aryl methyl sites for hydroxylation is 1. The number of ether oxygens (including phenoxy) is 4. The SMILES string of the molecule is Cc1c2nc(C(=O)O)cc(OCCOCCOCCNC(=O)Cc3ccc4c(c3)C(C)(C)C3=C5C=C6C7=[N+](CCC6OC5CCN34)c3ccc(S(=O)(=O)[O-])cc3C7(C)C)c2cc2c(=O)cc(C(=O)O)[nH]c12. The van der Waals surface area contributed by atoms with E-state index in [-0.39, 0.29) is 96.0 Å². The summed E-state index contributed by atoms with van der Waals surface area (Å²) in [6, 6.07) is 14.7. The third kappa shape index (κ3) is 8.38. The summed E-state index contributed by atoms with van der Waals surface area (Å²) in [5.41, 5.74) is 8.10. The number of hydrogen-bond donors (Lipinski definition) is 4. The number of amides is 1. The van der Waals surface area contributed by atoms with E-state index in [1.165, 1.54) is 30.0 Å². The second-order valence-electron chi connectivity index (χ2n) is 19.6. The number of H-pyrrole nitrogens is 1. The fourth-order valence-electron chi connectivity index (χ4n) is 11.2. The molecule has 5 aromatic rings. The number of carboxylic acids is 2. The van der Waals surface area contributed by atoms with E-state index in [1.54, 1.807) is 13.0 Å². The molecule has 3 aromatic carbocycles. The highest BCUT2D eigenvalue weighted by molar-refractivity contribution is 7.85. The van der Waals surface area contributed by atoms with Gasteiger partial charge >= 0.3 is 11.9 Å². The lowest BCUT2D eigenvalue weighted by molar-refractivity contribution is -0.445. The molecule has 370 valence electrons. The summed E-state index contributed by atoms with van der Waals surface area (Å²) in [4.78, 5) is 58.6. The van der Waals surface area contributed by atoms with E-state index >= 15 is 0 Å². The number of anilines is 1. The van der Waals surface area contributed by atoms with Crippen LogP contribution in [0.5, 0.6) is 5.75 Å². The summed E-state index contributed by atoms with van der Waals surface area (Å²) >= 11 is 0. The molecule has 71 heavy (non-hydrogen) atoms. The number of allylic oxidation sites excluding steroid dienone is 1. The highest BCUT2D eigenvalue weighted by Crippen LogP contribution is 2.54. The lowest BCUT2D eigenvalue weighted by Crippen LogP contribution is -2.47. The Bertz CT molecular complexity index is 3410. The number of hydrogen-bond acceptors (Lipinski definition) is 13. The molecule has 0 radical (unpaired) electrons. The number of aromatic amines is 1. The van der Waals surface area contributed by atoms with Gasteiger partial charge in [0, 0.05) is 82.0 Å². The Balaban J connectivity index is 0.730. The number of carbonyl (C=O) groups excluding carboxylic acids is 1. The number of carboxylic acid groups (broad SMARTS) is 2. The van der Waals surface area contributed by atoms with Crippen molar-refractivity contribution in [3.05, 3.63) is 121 Å². The van der Waals surface area contributed by atoms with Crippen molar-refractivity contribution < 1.29 is 61.1 Å². The zero-order valence-electron chi connectivity index (χ0n) is 39.8. The molecular formula is C52H53N5O13S. The quantitative estimate of drug-likeness (QED) is 0.0445. The van der Waals surface area contributed by atoms with Crippen LogP contribution in [0, 0.1) is 6.92 Å². The molecule has 5 aliphatic heterocycles. The van der Waals surface area contributed by atoms with E-state index in [0.29, 0.717) is 17.5 Å². The van der Waals surface area contributed by atoms with Gasteiger partial charge in [0.1, 0.15) is 28.2 Å². The predicted molar refractivity (Wildman–Crippen MR) is 259 cm³/mol. The van der Waals surface area contributed by atoms with Gasteiger partial charge in [-0.1, -0.05) is 26.0 Å². The monoisotopic (exact) mass is 987 g/mol. The maximum absolute atomic E-state index is 13.2. The predicted octanol–water partition coefficient (Wildman–Crippen LogP) is 5.39. The Morgan fingerprint density at radius 3 is 2.42 bits per heavy atom. The molecule has 1 amide bonds. The van der Waals surface area contributed by atoms with E-state index < -0.39 is 38.3 Å². The molecular weight excluding hydrogens is 935 g/mol. The van der Waals surface area contributed by atoms with Gasteiger partial charge in [-0.25, -0.2) is 23.0 Å². The van der Waals surface area contributed by atoms with E-state index in [1.807, 2.05) is 6.07 Å². The zero-order chi connectivity index (χ0) is 50.3. The van der Waals surface area contributed by atoms with Crippen LogP contribution in [0.1, 0.15) is 83.8 Å². The molecule has 0 saturated heterocycles. The van der Waals surface area contributed by atoms with Crippen LogP contribution in [0.15, 0.2) is 87.2 Å². The largest absolute Gasteiger partial charge is 0.744 e. The Labute approximate surface area is 408 Å². The standard InChI is InChI=1S/C52H53N5O13S/c1-27-45-30(40(58)25-36(54-45)49(60)61)23-31-43(26-37(50(62)63)55-46(27)31)69-19-18-68-17-16-67-15-12-53-44(59)21-28-6-8-38-34(20-28)51(2,3)47-32-24-33-42(70-41(32)10-13-56(38)47)11-14-57-39-9-7-29(71(64,65)66)22-35(39)52(4,5)48(33)57/h6-9,20,22-26,41-42H,10-19,21H2,1-5H3,(H4-,53,54,55,58,59,60,61,62,63,64,65,66). The number of benzene rings is 3. The number of aromatic carboxylic acids is 2. The molecule has 4 N–H and O–H groups in total. The number of aromatic nitrogens is 2. The molecule has 7 heterocycles. The number of fused-ring (bicyclic) bond motifs is 10. The Morgan fingerprint density at radius 1 is 0.915 bits per heavy atom. The highest BCUT2D eigenvalue weighted by Gasteiger charge is 2.54. The number of carbonyl (C=O) groups is 3. The maximum atomic E-state index is 13.2. The number of nitrogens with one attached hydrogen (secondary N) is 2. The smallest absolute Gasteiger partial charge is 0.354 e. The molecule has 19 heteroatoms. The van der Waals surface area contributed by atoms with Crippen molar-refractivity contribution in [1.82, 2.24) is 15.3 Å². The number of pyridine rings is 2. The first-order valence-corrected chi connectivity index (χ1v) is 25.0. The Kier molecular flexibility index (Phi) is 12.0. The van der Waals surface area contributed by atoms with Gasteiger partial charge < -0.3 is 48.9 Å². The molecule has 2 unspecified atom stereocenters. The van der Waals surface area contributed by atoms with Crippen LogP contribution in [-0.2, 0) is 46.4 Å². The fraction of sp³-hybridized carbons (Fsp3) is 0.385. The van der Waals surface area contributed by atoms with Crippen LogP contribution < -0.4 is 20.4 Å². The minimum absolute atomic E-state index is 0.0428. The third-order valence-corrected chi connectivity index (χ3v) is 15.3. The van der Waals surface area contributed by atoms with Crippen molar-refractivity contribution >= 4 is 66.9 Å². The molecule has 0 fully saturated rings. The molecule has 2 atom stereocenters. The van der Waals surface area contributed by atoms with Crippen LogP contribution in [-0.4, -0.2) is 126 Å². The first kappa shape index (κ1) is 47.9. The van der Waals surface area contributed by atoms with Crippen molar-refractivity contribution in [1.29, 1.82) is 0 Å². The van der Waals surface area contributed by atoms with Crippen LogP contribution in [0.4, 0.5) is 11.4 Å². The molecule has 0 saturated carbocycles. The first-order chi connectivity index (χ1) is 33.7. The molecule has 0 aliphatic carbocycles. The average molecular weight is 988 g/mol. The zero-order valence-corrected chi connectivity index (χ0v) is 40.7. The van der Waals surface area contributed by atoms with Gasteiger partial charge in [-0.15, -0.1) is 0 Å². The van der Waals surface area contributed by atoms with Crippen LogP contribution in [0.2, 0.25) is 0 Å². The summed E-state index contributed by atoms with van der Waals surface area (Å²) in [5.74, 6) is -2.56.